The lowest BCUT2D eigenvalue weighted by molar-refractivity contribution is -0.129. The van der Waals surface area contributed by atoms with Gasteiger partial charge in [-0.3, -0.25) is 9.59 Å². The number of benzene rings is 1. The second-order valence-electron chi connectivity index (χ2n) is 5.89. The number of carbonyl (C=O) groups excluding carboxylic acids is 2. The van der Waals surface area contributed by atoms with Gasteiger partial charge in [0.1, 0.15) is 0 Å². The van der Waals surface area contributed by atoms with Crippen LogP contribution in [0, 0.1) is 0 Å². The number of Topliss-reactive ketones (excluding diaryl/α,β-unsaturated/α-hetero) is 1. The number of carbonyl (C=O) groups is 2. The highest BCUT2D eigenvalue weighted by atomic mass is 16.2. The van der Waals surface area contributed by atoms with Crippen molar-refractivity contribution in [3.8, 4) is 0 Å². The van der Waals surface area contributed by atoms with Crippen molar-refractivity contribution in [2.45, 2.75) is 13.8 Å². The Bertz CT molecular complexity index is 769. The van der Waals surface area contributed by atoms with E-state index < -0.39 is 0 Å². The fourth-order valence-corrected chi connectivity index (χ4v) is 2.65. The molecule has 0 unspecified atom stereocenters. The molecule has 2 heterocycles. The number of hydrogen-bond acceptors (Lipinski definition) is 7. The van der Waals surface area contributed by atoms with Crippen molar-refractivity contribution in [3.05, 3.63) is 36.0 Å². The lowest BCUT2D eigenvalue weighted by Gasteiger charge is -2.33. The first-order chi connectivity index (χ1) is 12.0. The summed E-state index contributed by atoms with van der Waals surface area (Å²) in [5.74, 6) is 1.23. The summed E-state index contributed by atoms with van der Waals surface area (Å²) >= 11 is 0. The van der Waals surface area contributed by atoms with Crippen LogP contribution in [-0.4, -0.2) is 58.0 Å². The van der Waals surface area contributed by atoms with Gasteiger partial charge < -0.3 is 15.1 Å². The molecular formula is C17H20N6O2. The minimum Gasteiger partial charge on any atom is -0.339 e. The molecule has 25 heavy (non-hydrogen) atoms. The maximum atomic E-state index is 11.4. The molecule has 8 heteroatoms. The quantitative estimate of drug-likeness (QED) is 0.843. The van der Waals surface area contributed by atoms with Crippen LogP contribution in [0.25, 0.3) is 0 Å². The topological polar surface area (TPSA) is 91.3 Å². The Morgan fingerprint density at radius 1 is 1.04 bits per heavy atom. The second-order valence-corrected chi connectivity index (χ2v) is 5.89. The standard InChI is InChI=1S/C17H20N6O2/c1-12(24)14-3-5-15(6-4-14)19-16-11-18-21-17(20-16)23-9-7-22(8-10-23)13(2)25/h3-6,11H,7-10H2,1-2H3,(H,19,20,21). The highest BCUT2D eigenvalue weighted by Gasteiger charge is 2.20. The van der Waals surface area contributed by atoms with Crippen LogP contribution in [0.4, 0.5) is 17.5 Å². The van der Waals surface area contributed by atoms with Crippen molar-refractivity contribution in [1.29, 1.82) is 0 Å². The zero-order chi connectivity index (χ0) is 17.8. The number of nitrogens with one attached hydrogen (secondary N) is 1. The highest BCUT2D eigenvalue weighted by Crippen LogP contribution is 2.17. The number of anilines is 3. The molecule has 1 aliphatic rings. The van der Waals surface area contributed by atoms with E-state index in [9.17, 15) is 9.59 Å². The van der Waals surface area contributed by atoms with Gasteiger partial charge in [-0.1, -0.05) is 0 Å². The molecule has 1 aromatic carbocycles. The average Bonchev–Trinajstić information content (AvgIpc) is 2.62. The van der Waals surface area contributed by atoms with Gasteiger partial charge in [-0.05, 0) is 31.2 Å². The summed E-state index contributed by atoms with van der Waals surface area (Å²) in [5, 5.41) is 11.3. The van der Waals surface area contributed by atoms with Gasteiger partial charge in [-0.15, -0.1) is 5.10 Å². The lowest BCUT2D eigenvalue weighted by atomic mass is 10.1. The molecule has 1 amide bonds. The number of nitrogens with zero attached hydrogens (tertiary/aromatic N) is 5. The van der Waals surface area contributed by atoms with Gasteiger partial charge in [0.05, 0.1) is 6.20 Å². The molecule has 8 nitrogen and oxygen atoms in total. The predicted molar refractivity (Wildman–Crippen MR) is 94.0 cm³/mol. The van der Waals surface area contributed by atoms with Crippen LogP contribution in [0.3, 0.4) is 0 Å². The molecule has 130 valence electrons. The molecule has 0 atom stereocenters. The Morgan fingerprint density at radius 3 is 2.32 bits per heavy atom. The van der Waals surface area contributed by atoms with E-state index in [1.165, 1.54) is 6.92 Å². The number of rotatable bonds is 4. The number of piperazine rings is 1. The van der Waals surface area contributed by atoms with Crippen LogP contribution in [0.2, 0.25) is 0 Å². The Balaban J connectivity index is 1.67. The van der Waals surface area contributed by atoms with E-state index in [0.717, 1.165) is 5.69 Å². The smallest absolute Gasteiger partial charge is 0.247 e. The third kappa shape index (κ3) is 4.09. The first kappa shape index (κ1) is 16.8. The number of amides is 1. The summed E-state index contributed by atoms with van der Waals surface area (Å²) in [6.07, 6.45) is 1.55. The second kappa shape index (κ2) is 7.25. The lowest BCUT2D eigenvalue weighted by Crippen LogP contribution is -2.48. The summed E-state index contributed by atoms with van der Waals surface area (Å²) in [6, 6.07) is 7.18. The molecule has 3 rings (SSSR count). The van der Waals surface area contributed by atoms with Gasteiger partial charge in [0.15, 0.2) is 11.6 Å². The third-order valence-corrected chi connectivity index (χ3v) is 4.12. The van der Waals surface area contributed by atoms with E-state index in [-0.39, 0.29) is 11.7 Å². The summed E-state index contributed by atoms with van der Waals surface area (Å²) in [4.78, 5) is 31.0. The number of ketones is 1. The molecule has 0 bridgehead atoms. The van der Waals surface area contributed by atoms with Crippen LogP contribution >= 0.6 is 0 Å². The molecular weight excluding hydrogens is 320 g/mol. The van der Waals surface area contributed by atoms with Gasteiger partial charge >= 0.3 is 0 Å². The maximum absolute atomic E-state index is 11.4. The summed E-state index contributed by atoms with van der Waals surface area (Å²) < 4.78 is 0. The van der Waals surface area contributed by atoms with Crippen molar-refractivity contribution in [2.24, 2.45) is 0 Å². The van der Waals surface area contributed by atoms with Crippen molar-refractivity contribution < 1.29 is 9.59 Å². The van der Waals surface area contributed by atoms with Crippen LogP contribution in [0.5, 0.6) is 0 Å². The van der Waals surface area contributed by atoms with Gasteiger partial charge in [0.25, 0.3) is 0 Å². The number of hydrogen-bond donors (Lipinski definition) is 1. The van der Waals surface area contributed by atoms with Crippen LogP contribution in [0.15, 0.2) is 30.5 Å². The van der Waals surface area contributed by atoms with Crippen molar-refractivity contribution in [1.82, 2.24) is 20.1 Å². The number of aromatic nitrogens is 3. The SMILES string of the molecule is CC(=O)c1ccc(Nc2cnnc(N3CCN(C(C)=O)CC3)n2)cc1. The van der Waals surface area contributed by atoms with Crippen LogP contribution in [0.1, 0.15) is 24.2 Å². The first-order valence-electron chi connectivity index (χ1n) is 8.11. The van der Waals surface area contributed by atoms with Crippen molar-refractivity contribution in [2.75, 3.05) is 36.4 Å². The van der Waals surface area contributed by atoms with Gasteiger partial charge in [-0.25, -0.2) is 0 Å². The molecule has 2 aromatic rings. The predicted octanol–water partition coefficient (Wildman–Crippen LogP) is 1.49. The fraction of sp³-hybridized carbons (Fsp3) is 0.353. The molecule has 0 spiro atoms. The van der Waals surface area contributed by atoms with Gasteiger partial charge in [0.2, 0.25) is 11.9 Å². The van der Waals surface area contributed by atoms with E-state index in [1.54, 1.807) is 25.3 Å². The molecule has 1 aromatic heterocycles. The van der Waals surface area contributed by atoms with E-state index in [2.05, 4.69) is 20.5 Å². The van der Waals surface area contributed by atoms with E-state index in [0.29, 0.717) is 43.5 Å². The molecule has 1 saturated heterocycles. The van der Waals surface area contributed by atoms with E-state index in [1.807, 2.05) is 21.9 Å². The Kier molecular flexibility index (Phi) is 4.87. The maximum Gasteiger partial charge on any atom is 0.247 e. The molecule has 0 saturated carbocycles. The van der Waals surface area contributed by atoms with E-state index >= 15 is 0 Å². The zero-order valence-corrected chi connectivity index (χ0v) is 14.3. The molecule has 1 fully saturated rings. The van der Waals surface area contributed by atoms with E-state index in [4.69, 9.17) is 0 Å². The normalized spacial score (nSPS) is 14.3. The van der Waals surface area contributed by atoms with Crippen molar-refractivity contribution >= 4 is 29.1 Å². The molecule has 0 radical (unpaired) electrons. The summed E-state index contributed by atoms with van der Waals surface area (Å²) in [6.45, 7) is 5.78. The molecule has 0 aliphatic carbocycles. The van der Waals surface area contributed by atoms with Crippen molar-refractivity contribution in [3.63, 3.8) is 0 Å². The first-order valence-corrected chi connectivity index (χ1v) is 8.11. The molecule has 1 aliphatic heterocycles. The van der Waals surface area contributed by atoms with Crippen LogP contribution in [-0.2, 0) is 4.79 Å². The van der Waals surface area contributed by atoms with Gasteiger partial charge in [-0.2, -0.15) is 10.1 Å². The Labute approximate surface area is 145 Å². The fourth-order valence-electron chi connectivity index (χ4n) is 2.65. The minimum atomic E-state index is 0.0299. The third-order valence-electron chi connectivity index (χ3n) is 4.12. The van der Waals surface area contributed by atoms with Gasteiger partial charge in [0, 0.05) is 44.4 Å². The van der Waals surface area contributed by atoms with Crippen LogP contribution < -0.4 is 10.2 Å². The Hall–Kier alpha value is -3.03. The Morgan fingerprint density at radius 2 is 1.72 bits per heavy atom. The monoisotopic (exact) mass is 340 g/mol. The molecule has 1 N–H and O–H groups in total. The average molecular weight is 340 g/mol. The summed E-state index contributed by atoms with van der Waals surface area (Å²) in [7, 11) is 0. The summed E-state index contributed by atoms with van der Waals surface area (Å²) in [5.41, 5.74) is 1.48. The minimum absolute atomic E-state index is 0.0299. The zero-order valence-electron chi connectivity index (χ0n) is 14.3. The largest absolute Gasteiger partial charge is 0.339 e. The highest BCUT2D eigenvalue weighted by molar-refractivity contribution is 5.94.